The van der Waals surface area contributed by atoms with Crippen molar-refractivity contribution in [2.24, 2.45) is 0 Å². The van der Waals surface area contributed by atoms with E-state index >= 15 is 0 Å². The van der Waals surface area contributed by atoms with E-state index in [0.29, 0.717) is 5.02 Å². The highest BCUT2D eigenvalue weighted by atomic mass is 35.5. The molecule has 0 amide bonds. The number of nitrogens with one attached hydrogen (secondary N) is 1. The van der Waals surface area contributed by atoms with Gasteiger partial charge in [-0.3, -0.25) is 9.67 Å². The summed E-state index contributed by atoms with van der Waals surface area (Å²) in [4.78, 5) is 4.32. The fourth-order valence-corrected chi connectivity index (χ4v) is 2.15. The molecule has 0 spiro atoms. The van der Waals surface area contributed by atoms with Crippen LogP contribution in [-0.2, 0) is 6.54 Å². The Hall–Kier alpha value is -2.07. The van der Waals surface area contributed by atoms with Crippen molar-refractivity contribution in [2.45, 2.75) is 13.5 Å². The van der Waals surface area contributed by atoms with Crippen LogP contribution in [0.5, 0.6) is 0 Å². The molecule has 2 aromatic heterocycles. The number of aromatic nitrogens is 3. The lowest BCUT2D eigenvalue weighted by molar-refractivity contribution is 0.660. The number of anilines is 2. The summed E-state index contributed by atoms with van der Waals surface area (Å²) in [5.74, 6) is 0. The zero-order valence-electron chi connectivity index (χ0n) is 10.5. The first kappa shape index (κ1) is 12.0. The molecule has 0 aliphatic rings. The summed E-state index contributed by atoms with van der Waals surface area (Å²) in [5, 5.41) is 9.33. The van der Waals surface area contributed by atoms with E-state index in [1.54, 1.807) is 6.20 Å². The Balaban J connectivity index is 2.00. The van der Waals surface area contributed by atoms with E-state index in [-0.39, 0.29) is 0 Å². The number of pyridine rings is 1. The summed E-state index contributed by atoms with van der Waals surface area (Å²) in [5.41, 5.74) is 2.84. The Morgan fingerprint density at radius 3 is 3.00 bits per heavy atom. The normalized spacial score (nSPS) is 10.8. The monoisotopic (exact) mass is 272 g/mol. The van der Waals surface area contributed by atoms with Gasteiger partial charge in [-0.15, -0.1) is 0 Å². The van der Waals surface area contributed by atoms with Crippen molar-refractivity contribution < 1.29 is 0 Å². The summed E-state index contributed by atoms with van der Waals surface area (Å²) in [6, 6.07) is 7.64. The van der Waals surface area contributed by atoms with Crippen LogP contribution in [0.25, 0.3) is 10.9 Å². The zero-order valence-corrected chi connectivity index (χ0v) is 11.2. The van der Waals surface area contributed by atoms with Gasteiger partial charge in [0, 0.05) is 35.0 Å². The van der Waals surface area contributed by atoms with E-state index in [9.17, 15) is 0 Å². The van der Waals surface area contributed by atoms with Crippen molar-refractivity contribution in [1.29, 1.82) is 0 Å². The van der Waals surface area contributed by atoms with Gasteiger partial charge in [0.15, 0.2) is 0 Å². The number of nitrogens with zero attached hydrogens (tertiary/aromatic N) is 3. The number of benzene rings is 1. The molecule has 2 heterocycles. The van der Waals surface area contributed by atoms with Crippen LogP contribution in [-0.4, -0.2) is 14.8 Å². The fraction of sp³-hybridized carbons (Fsp3) is 0.143. The van der Waals surface area contributed by atoms with Gasteiger partial charge in [-0.2, -0.15) is 5.10 Å². The summed E-state index contributed by atoms with van der Waals surface area (Å²) in [6.07, 6.45) is 5.55. The molecule has 1 N–H and O–H groups in total. The first-order valence-electron chi connectivity index (χ1n) is 6.10. The van der Waals surface area contributed by atoms with E-state index in [4.69, 9.17) is 11.6 Å². The number of rotatable bonds is 3. The van der Waals surface area contributed by atoms with Gasteiger partial charge in [-0.25, -0.2) is 0 Å². The molecule has 0 atom stereocenters. The summed E-state index contributed by atoms with van der Waals surface area (Å²) < 4.78 is 1.88. The van der Waals surface area contributed by atoms with Gasteiger partial charge in [-0.05, 0) is 31.2 Å². The minimum atomic E-state index is 0.691. The Morgan fingerprint density at radius 1 is 1.32 bits per heavy atom. The molecule has 4 nitrogen and oxygen atoms in total. The van der Waals surface area contributed by atoms with Crippen LogP contribution in [0.4, 0.5) is 11.4 Å². The Labute approximate surface area is 116 Å². The smallest absolute Gasteiger partial charge is 0.0770 e. The molecule has 0 bridgehead atoms. The first-order chi connectivity index (χ1) is 9.26. The predicted molar refractivity (Wildman–Crippen MR) is 77.9 cm³/mol. The largest absolute Gasteiger partial charge is 0.352 e. The van der Waals surface area contributed by atoms with Crippen LogP contribution in [0.3, 0.4) is 0 Å². The average molecular weight is 273 g/mol. The third-order valence-electron chi connectivity index (χ3n) is 2.94. The topological polar surface area (TPSA) is 42.7 Å². The van der Waals surface area contributed by atoms with Crippen molar-refractivity contribution >= 4 is 33.9 Å². The van der Waals surface area contributed by atoms with Crippen molar-refractivity contribution in [3.05, 3.63) is 47.9 Å². The molecule has 3 aromatic rings. The number of hydrogen-bond acceptors (Lipinski definition) is 3. The highest BCUT2D eigenvalue weighted by Gasteiger charge is 2.04. The molecule has 3 rings (SSSR count). The van der Waals surface area contributed by atoms with Gasteiger partial charge >= 0.3 is 0 Å². The average Bonchev–Trinajstić information content (AvgIpc) is 2.86. The molecule has 0 fully saturated rings. The van der Waals surface area contributed by atoms with Crippen LogP contribution in [0.15, 0.2) is 42.9 Å². The third-order valence-corrected chi connectivity index (χ3v) is 3.18. The number of hydrogen-bond donors (Lipinski definition) is 1. The second-order valence-corrected chi connectivity index (χ2v) is 4.67. The van der Waals surface area contributed by atoms with Crippen LogP contribution in [0, 0.1) is 0 Å². The molecule has 0 radical (unpaired) electrons. The van der Waals surface area contributed by atoms with Crippen molar-refractivity contribution in [3.8, 4) is 0 Å². The maximum Gasteiger partial charge on any atom is 0.0770 e. The molecule has 96 valence electrons. The van der Waals surface area contributed by atoms with Crippen LogP contribution >= 0.6 is 11.6 Å². The lowest BCUT2D eigenvalue weighted by atomic mass is 10.2. The Kier molecular flexibility index (Phi) is 3.09. The van der Waals surface area contributed by atoms with Gasteiger partial charge < -0.3 is 5.32 Å². The number of halogens is 1. The highest BCUT2D eigenvalue weighted by molar-refractivity contribution is 6.31. The molecule has 0 unspecified atom stereocenters. The Bertz CT molecular complexity index is 720. The minimum Gasteiger partial charge on any atom is -0.352 e. The first-order valence-corrected chi connectivity index (χ1v) is 6.48. The molecular formula is C14H13ClN4. The van der Waals surface area contributed by atoms with Gasteiger partial charge in [0.05, 0.1) is 17.4 Å². The summed E-state index contributed by atoms with van der Waals surface area (Å²) >= 11 is 5.98. The molecule has 19 heavy (non-hydrogen) atoms. The SMILES string of the molecule is CCn1cc(Nc2ccnc3cc(Cl)ccc23)cn1. The number of fused-ring (bicyclic) bond motifs is 1. The Morgan fingerprint density at radius 2 is 2.21 bits per heavy atom. The maximum absolute atomic E-state index is 5.98. The molecule has 0 aliphatic carbocycles. The van der Waals surface area contributed by atoms with Crippen molar-refractivity contribution in [1.82, 2.24) is 14.8 Å². The highest BCUT2D eigenvalue weighted by Crippen LogP contribution is 2.26. The zero-order chi connectivity index (χ0) is 13.2. The van der Waals surface area contributed by atoms with Gasteiger partial charge in [-0.1, -0.05) is 11.6 Å². The molecule has 0 aliphatic heterocycles. The van der Waals surface area contributed by atoms with Crippen LogP contribution in [0.2, 0.25) is 5.02 Å². The predicted octanol–water partition coefficient (Wildman–Crippen LogP) is 3.85. The second-order valence-electron chi connectivity index (χ2n) is 4.23. The standard InChI is InChI=1S/C14H13ClN4/c1-2-19-9-11(8-17-19)18-13-5-6-16-14-7-10(15)3-4-12(13)14/h3-9H,2H2,1H3,(H,16,18). The van der Waals surface area contributed by atoms with Crippen LogP contribution < -0.4 is 5.32 Å². The summed E-state index contributed by atoms with van der Waals surface area (Å²) in [6.45, 7) is 2.91. The quantitative estimate of drug-likeness (QED) is 0.787. The van der Waals surface area contributed by atoms with Gasteiger partial charge in [0.25, 0.3) is 0 Å². The third kappa shape index (κ3) is 2.39. The van der Waals surface area contributed by atoms with Gasteiger partial charge in [0.1, 0.15) is 0 Å². The fourth-order valence-electron chi connectivity index (χ4n) is 1.99. The van der Waals surface area contributed by atoms with E-state index in [0.717, 1.165) is 28.8 Å². The van der Waals surface area contributed by atoms with E-state index in [2.05, 4.69) is 22.3 Å². The molecule has 0 saturated heterocycles. The number of aryl methyl sites for hydroxylation is 1. The molecular weight excluding hydrogens is 260 g/mol. The van der Waals surface area contributed by atoms with Crippen molar-refractivity contribution in [3.63, 3.8) is 0 Å². The minimum absolute atomic E-state index is 0.691. The molecule has 0 saturated carbocycles. The molecule has 5 heteroatoms. The molecule has 1 aromatic carbocycles. The maximum atomic E-state index is 5.98. The van der Waals surface area contributed by atoms with Crippen molar-refractivity contribution in [2.75, 3.05) is 5.32 Å². The van der Waals surface area contributed by atoms with E-state index < -0.39 is 0 Å². The second kappa shape index (κ2) is 4.90. The van der Waals surface area contributed by atoms with Crippen LogP contribution in [0.1, 0.15) is 6.92 Å². The lowest BCUT2D eigenvalue weighted by Gasteiger charge is -2.07. The van der Waals surface area contributed by atoms with E-state index in [1.807, 2.05) is 41.3 Å². The van der Waals surface area contributed by atoms with E-state index in [1.165, 1.54) is 0 Å². The van der Waals surface area contributed by atoms with Gasteiger partial charge in [0.2, 0.25) is 0 Å². The summed E-state index contributed by atoms with van der Waals surface area (Å²) in [7, 11) is 0. The lowest BCUT2D eigenvalue weighted by Crippen LogP contribution is -1.93.